The monoisotopic (exact) mass is 174 g/mol. The maximum atomic E-state index is 5.21. The summed E-state index contributed by atoms with van der Waals surface area (Å²) in [6.07, 6.45) is 4.85. The molecule has 1 aliphatic rings. The van der Waals surface area contributed by atoms with Gasteiger partial charge in [-0.1, -0.05) is 49.4 Å². The summed E-state index contributed by atoms with van der Waals surface area (Å²) in [7, 11) is 0. The third-order valence-corrected chi connectivity index (χ3v) is 2.34. The molecule has 1 nitrogen and oxygen atoms in total. The summed E-state index contributed by atoms with van der Waals surface area (Å²) in [6.45, 7) is 3.12. The molecule has 1 unspecified atom stereocenters. The summed E-state index contributed by atoms with van der Waals surface area (Å²) >= 11 is 0. The first-order chi connectivity index (χ1) is 6.36. The van der Waals surface area contributed by atoms with E-state index in [1.54, 1.807) is 0 Å². The van der Waals surface area contributed by atoms with Crippen molar-refractivity contribution in [3.05, 3.63) is 42.0 Å². The summed E-state index contributed by atoms with van der Waals surface area (Å²) in [6, 6.07) is 10.4. The van der Waals surface area contributed by atoms with Crippen molar-refractivity contribution in [2.75, 3.05) is 6.61 Å². The number of rotatable bonds is 3. The van der Waals surface area contributed by atoms with Crippen LogP contribution in [0, 0.1) is 5.92 Å². The van der Waals surface area contributed by atoms with Crippen LogP contribution < -0.4 is 0 Å². The first-order valence-electron chi connectivity index (χ1n) is 4.71. The zero-order valence-electron chi connectivity index (χ0n) is 7.81. The second-order valence-corrected chi connectivity index (χ2v) is 3.50. The summed E-state index contributed by atoms with van der Waals surface area (Å²) in [5.74, 6) is 0.542. The Kier molecular flexibility index (Phi) is 2.46. The Bertz CT molecular complexity index is 285. The Morgan fingerprint density at radius 1 is 1.38 bits per heavy atom. The highest BCUT2D eigenvalue weighted by atomic mass is 16.6. The van der Waals surface area contributed by atoms with Gasteiger partial charge in [0.2, 0.25) is 0 Å². The van der Waals surface area contributed by atoms with E-state index in [0.717, 1.165) is 6.61 Å². The third kappa shape index (κ3) is 2.43. The lowest BCUT2D eigenvalue weighted by molar-refractivity contribution is 0.372. The Balaban J connectivity index is 1.96. The van der Waals surface area contributed by atoms with E-state index >= 15 is 0 Å². The highest BCUT2D eigenvalue weighted by Crippen LogP contribution is 2.21. The summed E-state index contributed by atoms with van der Waals surface area (Å²) in [5, 5.41) is 0. The first-order valence-corrected chi connectivity index (χ1v) is 4.71. The highest BCUT2D eigenvalue weighted by molar-refractivity contribution is 5.49. The lowest BCUT2D eigenvalue weighted by Gasteiger charge is -1.98. The van der Waals surface area contributed by atoms with Gasteiger partial charge in [-0.3, -0.25) is 0 Å². The van der Waals surface area contributed by atoms with Gasteiger partial charge in [-0.2, -0.15) is 0 Å². The van der Waals surface area contributed by atoms with E-state index in [1.807, 2.05) is 6.07 Å². The van der Waals surface area contributed by atoms with E-state index in [0.29, 0.717) is 12.0 Å². The molecule has 2 rings (SSSR count). The number of epoxide rings is 1. The molecule has 1 heterocycles. The average molecular weight is 174 g/mol. The molecule has 0 amide bonds. The molecule has 1 heteroatoms. The van der Waals surface area contributed by atoms with E-state index in [2.05, 4.69) is 43.3 Å². The Labute approximate surface area is 79.0 Å². The molecule has 0 N–H and O–H groups in total. The molecule has 0 radical (unpaired) electrons. The van der Waals surface area contributed by atoms with Crippen LogP contribution in [0.4, 0.5) is 0 Å². The van der Waals surface area contributed by atoms with E-state index in [1.165, 1.54) is 5.56 Å². The van der Waals surface area contributed by atoms with Crippen LogP contribution in [0.2, 0.25) is 0 Å². The second-order valence-electron chi connectivity index (χ2n) is 3.50. The minimum absolute atomic E-state index is 0.472. The average Bonchev–Trinajstić information content (AvgIpc) is 2.99. The van der Waals surface area contributed by atoms with Crippen molar-refractivity contribution >= 4 is 6.08 Å². The molecule has 1 fully saturated rings. The highest BCUT2D eigenvalue weighted by Gasteiger charge is 2.27. The molecule has 0 aromatic heterocycles. The summed E-state index contributed by atoms with van der Waals surface area (Å²) < 4.78 is 5.21. The quantitative estimate of drug-likeness (QED) is 0.642. The molecule has 2 atom stereocenters. The molecule has 0 saturated carbocycles. The first kappa shape index (κ1) is 8.52. The Hall–Kier alpha value is -1.08. The van der Waals surface area contributed by atoms with Crippen molar-refractivity contribution in [2.45, 2.75) is 13.0 Å². The van der Waals surface area contributed by atoms with Crippen LogP contribution in [0.1, 0.15) is 12.5 Å². The Morgan fingerprint density at radius 3 is 2.69 bits per heavy atom. The fourth-order valence-corrected chi connectivity index (χ4v) is 1.31. The van der Waals surface area contributed by atoms with Gasteiger partial charge >= 0.3 is 0 Å². The molecular weight excluding hydrogens is 160 g/mol. The summed E-state index contributed by atoms with van der Waals surface area (Å²) in [4.78, 5) is 0. The van der Waals surface area contributed by atoms with Crippen LogP contribution in [-0.4, -0.2) is 12.7 Å². The lowest BCUT2D eigenvalue weighted by atomic mass is 10.1. The fraction of sp³-hybridized carbons (Fsp3) is 0.333. The Morgan fingerprint density at radius 2 is 2.08 bits per heavy atom. The van der Waals surface area contributed by atoms with Crippen molar-refractivity contribution in [3.8, 4) is 0 Å². The van der Waals surface area contributed by atoms with Crippen molar-refractivity contribution in [1.82, 2.24) is 0 Å². The van der Waals surface area contributed by atoms with Crippen molar-refractivity contribution in [3.63, 3.8) is 0 Å². The molecule has 1 aliphatic heterocycles. The molecule has 0 aliphatic carbocycles. The van der Waals surface area contributed by atoms with Gasteiger partial charge in [-0.25, -0.2) is 0 Å². The van der Waals surface area contributed by atoms with Crippen LogP contribution in [-0.2, 0) is 4.74 Å². The standard InChI is InChI=1S/C12H14O/c1-10(12-9-13-12)7-8-11-5-3-2-4-6-11/h2-8,10,12H,9H2,1H3/t10-,12?/m0/s1. The molecule has 1 saturated heterocycles. The van der Waals surface area contributed by atoms with Gasteiger partial charge in [0.05, 0.1) is 12.7 Å². The molecule has 1 aromatic rings. The van der Waals surface area contributed by atoms with Gasteiger partial charge in [0.25, 0.3) is 0 Å². The maximum Gasteiger partial charge on any atom is 0.0869 e. The van der Waals surface area contributed by atoms with Gasteiger partial charge in [0.15, 0.2) is 0 Å². The SMILES string of the molecule is C[C@@H](C=Cc1ccccc1)C1CO1. The number of ether oxygens (including phenoxy) is 1. The molecule has 0 spiro atoms. The number of hydrogen-bond acceptors (Lipinski definition) is 1. The zero-order valence-corrected chi connectivity index (χ0v) is 7.81. The number of hydrogen-bond donors (Lipinski definition) is 0. The van der Waals surface area contributed by atoms with E-state index in [9.17, 15) is 0 Å². The minimum Gasteiger partial charge on any atom is -0.373 e. The molecule has 13 heavy (non-hydrogen) atoms. The van der Waals surface area contributed by atoms with Crippen molar-refractivity contribution in [2.24, 2.45) is 5.92 Å². The van der Waals surface area contributed by atoms with Crippen LogP contribution in [0.25, 0.3) is 6.08 Å². The lowest BCUT2D eigenvalue weighted by Crippen LogP contribution is -1.97. The van der Waals surface area contributed by atoms with Crippen LogP contribution in [0.15, 0.2) is 36.4 Å². The van der Waals surface area contributed by atoms with Crippen LogP contribution in [0.3, 0.4) is 0 Å². The number of benzene rings is 1. The third-order valence-electron chi connectivity index (χ3n) is 2.34. The van der Waals surface area contributed by atoms with Gasteiger partial charge in [-0.05, 0) is 5.56 Å². The summed E-state index contributed by atoms with van der Waals surface area (Å²) in [5.41, 5.74) is 1.26. The van der Waals surface area contributed by atoms with Gasteiger partial charge in [0, 0.05) is 5.92 Å². The minimum atomic E-state index is 0.472. The predicted octanol–water partition coefficient (Wildman–Crippen LogP) is 2.73. The second kappa shape index (κ2) is 3.75. The predicted molar refractivity (Wildman–Crippen MR) is 54.4 cm³/mol. The maximum absolute atomic E-state index is 5.21. The molecule has 1 aromatic carbocycles. The van der Waals surface area contributed by atoms with E-state index in [-0.39, 0.29) is 0 Å². The zero-order chi connectivity index (χ0) is 9.10. The van der Waals surface area contributed by atoms with Gasteiger partial charge in [-0.15, -0.1) is 0 Å². The largest absolute Gasteiger partial charge is 0.373 e. The topological polar surface area (TPSA) is 12.5 Å². The smallest absolute Gasteiger partial charge is 0.0869 e. The van der Waals surface area contributed by atoms with Crippen LogP contribution in [0.5, 0.6) is 0 Å². The van der Waals surface area contributed by atoms with Gasteiger partial charge in [0.1, 0.15) is 0 Å². The normalized spacial score (nSPS) is 23.3. The van der Waals surface area contributed by atoms with Crippen molar-refractivity contribution in [1.29, 1.82) is 0 Å². The van der Waals surface area contributed by atoms with E-state index < -0.39 is 0 Å². The van der Waals surface area contributed by atoms with Crippen molar-refractivity contribution < 1.29 is 4.74 Å². The van der Waals surface area contributed by atoms with Gasteiger partial charge < -0.3 is 4.74 Å². The van der Waals surface area contributed by atoms with Crippen LogP contribution >= 0.6 is 0 Å². The fourth-order valence-electron chi connectivity index (χ4n) is 1.31. The molecular formula is C12H14O. The van der Waals surface area contributed by atoms with E-state index in [4.69, 9.17) is 4.74 Å². The molecule has 0 bridgehead atoms. The molecule has 68 valence electrons.